The lowest BCUT2D eigenvalue weighted by molar-refractivity contribution is -0.126. The predicted octanol–water partition coefficient (Wildman–Crippen LogP) is 2.40. The summed E-state index contributed by atoms with van der Waals surface area (Å²) in [6.07, 6.45) is 1.26. The van der Waals surface area contributed by atoms with E-state index in [0.29, 0.717) is 5.92 Å². The number of amides is 2. The summed E-state index contributed by atoms with van der Waals surface area (Å²) in [7, 11) is 0. The van der Waals surface area contributed by atoms with E-state index >= 15 is 0 Å². The fourth-order valence-corrected chi connectivity index (χ4v) is 3.26. The van der Waals surface area contributed by atoms with Crippen LogP contribution in [0.1, 0.15) is 29.7 Å². The van der Waals surface area contributed by atoms with E-state index < -0.39 is 0 Å². The second kappa shape index (κ2) is 7.30. The molecule has 0 spiro atoms. The summed E-state index contributed by atoms with van der Waals surface area (Å²) in [4.78, 5) is 24.1. The minimum Gasteiger partial charge on any atom is -0.347 e. The predicted molar refractivity (Wildman–Crippen MR) is 93.3 cm³/mol. The van der Waals surface area contributed by atoms with E-state index in [1.54, 1.807) is 0 Å². The Hall–Kier alpha value is -2.62. The third-order valence-electron chi connectivity index (χ3n) is 4.47. The monoisotopic (exact) mass is 322 g/mol. The first-order valence-corrected chi connectivity index (χ1v) is 8.31. The summed E-state index contributed by atoms with van der Waals surface area (Å²) < 4.78 is 0. The molecule has 0 saturated carbocycles. The van der Waals surface area contributed by atoms with Crippen molar-refractivity contribution >= 4 is 11.8 Å². The van der Waals surface area contributed by atoms with E-state index in [0.717, 1.165) is 12.0 Å². The van der Waals surface area contributed by atoms with Gasteiger partial charge in [-0.3, -0.25) is 9.59 Å². The molecule has 2 unspecified atom stereocenters. The average molecular weight is 322 g/mol. The van der Waals surface area contributed by atoms with E-state index in [4.69, 9.17) is 0 Å². The van der Waals surface area contributed by atoms with Crippen molar-refractivity contribution in [2.75, 3.05) is 6.54 Å². The zero-order valence-electron chi connectivity index (χ0n) is 13.8. The van der Waals surface area contributed by atoms with Crippen LogP contribution >= 0.6 is 0 Å². The fraction of sp³-hybridized carbons (Fsp3) is 0.300. The molecule has 1 aliphatic rings. The summed E-state index contributed by atoms with van der Waals surface area (Å²) in [5, 5.41) is 5.74. The van der Waals surface area contributed by atoms with Crippen molar-refractivity contribution in [3.8, 4) is 0 Å². The Morgan fingerprint density at radius 1 is 1.00 bits per heavy atom. The topological polar surface area (TPSA) is 58.2 Å². The Labute approximate surface area is 142 Å². The molecule has 0 bridgehead atoms. The number of hydrogen-bond donors (Lipinski definition) is 2. The first-order valence-electron chi connectivity index (χ1n) is 8.31. The SMILES string of the molecule is CC1Cc2ccccc2C1NC(=O)CNC(=O)Cc1ccccc1. The highest BCUT2D eigenvalue weighted by molar-refractivity contribution is 5.86. The number of benzene rings is 2. The Balaban J connectivity index is 1.50. The third kappa shape index (κ3) is 3.82. The summed E-state index contributed by atoms with van der Waals surface area (Å²) >= 11 is 0. The normalized spacial score (nSPS) is 18.7. The lowest BCUT2D eigenvalue weighted by Gasteiger charge is -2.19. The number of rotatable bonds is 5. The summed E-state index contributed by atoms with van der Waals surface area (Å²) in [5.74, 6) is 0.0764. The first-order chi connectivity index (χ1) is 11.6. The minimum absolute atomic E-state index is 0.0110. The molecule has 2 N–H and O–H groups in total. The van der Waals surface area contributed by atoms with Crippen LogP contribution in [0, 0.1) is 5.92 Å². The lowest BCUT2D eigenvalue weighted by Crippen LogP contribution is -2.40. The highest BCUT2D eigenvalue weighted by Crippen LogP contribution is 2.35. The second-order valence-electron chi connectivity index (χ2n) is 6.36. The molecule has 2 amide bonds. The molecule has 4 heteroatoms. The number of carbonyl (C=O) groups is 2. The molecule has 2 aromatic carbocycles. The van der Waals surface area contributed by atoms with Gasteiger partial charge in [0.25, 0.3) is 0 Å². The molecule has 3 rings (SSSR count). The highest BCUT2D eigenvalue weighted by Gasteiger charge is 2.29. The van der Waals surface area contributed by atoms with Gasteiger partial charge in [-0.25, -0.2) is 0 Å². The van der Waals surface area contributed by atoms with Crippen LogP contribution in [0.25, 0.3) is 0 Å². The van der Waals surface area contributed by atoms with Crippen molar-refractivity contribution in [2.45, 2.75) is 25.8 Å². The van der Waals surface area contributed by atoms with Crippen LogP contribution in [0.15, 0.2) is 54.6 Å². The van der Waals surface area contributed by atoms with E-state index in [1.807, 2.05) is 42.5 Å². The van der Waals surface area contributed by atoms with Gasteiger partial charge in [0.1, 0.15) is 0 Å². The second-order valence-corrected chi connectivity index (χ2v) is 6.36. The third-order valence-corrected chi connectivity index (χ3v) is 4.47. The van der Waals surface area contributed by atoms with Gasteiger partial charge < -0.3 is 10.6 Å². The van der Waals surface area contributed by atoms with Crippen LogP contribution in [0.2, 0.25) is 0 Å². The van der Waals surface area contributed by atoms with Crippen molar-refractivity contribution in [2.24, 2.45) is 5.92 Å². The van der Waals surface area contributed by atoms with Gasteiger partial charge in [0, 0.05) is 0 Å². The van der Waals surface area contributed by atoms with Crippen molar-refractivity contribution in [3.05, 3.63) is 71.3 Å². The number of nitrogens with one attached hydrogen (secondary N) is 2. The van der Waals surface area contributed by atoms with Gasteiger partial charge in [-0.05, 0) is 29.0 Å². The standard InChI is InChI=1S/C20H22N2O2/c1-14-11-16-9-5-6-10-17(16)20(14)22-19(24)13-21-18(23)12-15-7-3-2-4-8-15/h2-10,14,20H,11-13H2,1H3,(H,21,23)(H,22,24). The van der Waals surface area contributed by atoms with Crippen molar-refractivity contribution in [3.63, 3.8) is 0 Å². The average Bonchev–Trinajstić information content (AvgIpc) is 2.90. The summed E-state index contributed by atoms with van der Waals surface area (Å²) in [5.41, 5.74) is 3.42. The fourth-order valence-electron chi connectivity index (χ4n) is 3.26. The van der Waals surface area contributed by atoms with Gasteiger partial charge in [-0.1, -0.05) is 61.5 Å². The number of hydrogen-bond acceptors (Lipinski definition) is 2. The van der Waals surface area contributed by atoms with Crippen molar-refractivity contribution in [1.29, 1.82) is 0 Å². The smallest absolute Gasteiger partial charge is 0.239 e. The Morgan fingerprint density at radius 3 is 2.50 bits per heavy atom. The molecule has 0 heterocycles. The van der Waals surface area contributed by atoms with Crippen molar-refractivity contribution in [1.82, 2.24) is 10.6 Å². The molecular formula is C20H22N2O2. The van der Waals surface area contributed by atoms with Crippen LogP contribution in [-0.2, 0) is 22.4 Å². The zero-order valence-corrected chi connectivity index (χ0v) is 13.8. The Kier molecular flexibility index (Phi) is 4.94. The molecule has 4 nitrogen and oxygen atoms in total. The quantitative estimate of drug-likeness (QED) is 0.888. The maximum absolute atomic E-state index is 12.2. The van der Waals surface area contributed by atoms with Gasteiger partial charge in [-0.2, -0.15) is 0 Å². The van der Waals surface area contributed by atoms with Crippen molar-refractivity contribution < 1.29 is 9.59 Å². The van der Waals surface area contributed by atoms with Gasteiger partial charge in [-0.15, -0.1) is 0 Å². The van der Waals surface area contributed by atoms with E-state index in [1.165, 1.54) is 11.1 Å². The molecule has 0 saturated heterocycles. The van der Waals surface area contributed by atoms with E-state index in [2.05, 4.69) is 29.7 Å². The van der Waals surface area contributed by atoms with Crippen LogP contribution < -0.4 is 10.6 Å². The summed E-state index contributed by atoms with van der Waals surface area (Å²) in [6, 6.07) is 17.7. The molecule has 2 aromatic rings. The zero-order chi connectivity index (χ0) is 16.9. The largest absolute Gasteiger partial charge is 0.347 e. The minimum atomic E-state index is -0.148. The molecule has 0 aromatic heterocycles. The maximum Gasteiger partial charge on any atom is 0.239 e. The Bertz CT molecular complexity index is 727. The van der Waals surface area contributed by atoms with Gasteiger partial charge in [0.05, 0.1) is 19.0 Å². The van der Waals surface area contributed by atoms with Gasteiger partial charge >= 0.3 is 0 Å². The summed E-state index contributed by atoms with van der Waals surface area (Å²) in [6.45, 7) is 2.15. The highest BCUT2D eigenvalue weighted by atomic mass is 16.2. The maximum atomic E-state index is 12.2. The molecule has 2 atom stereocenters. The first kappa shape index (κ1) is 16.2. The molecular weight excluding hydrogens is 300 g/mol. The van der Waals surface area contributed by atoms with E-state index in [9.17, 15) is 9.59 Å². The van der Waals surface area contributed by atoms with Crippen LogP contribution in [-0.4, -0.2) is 18.4 Å². The molecule has 0 aliphatic heterocycles. The van der Waals surface area contributed by atoms with Crippen LogP contribution in [0.5, 0.6) is 0 Å². The molecule has 124 valence electrons. The Morgan fingerprint density at radius 2 is 1.71 bits per heavy atom. The van der Waals surface area contributed by atoms with E-state index in [-0.39, 0.29) is 30.8 Å². The van der Waals surface area contributed by atoms with Gasteiger partial charge in [0.2, 0.25) is 11.8 Å². The number of fused-ring (bicyclic) bond motifs is 1. The van der Waals surface area contributed by atoms with Crippen LogP contribution in [0.3, 0.4) is 0 Å². The molecule has 24 heavy (non-hydrogen) atoms. The molecule has 0 fully saturated rings. The number of carbonyl (C=O) groups excluding carboxylic acids is 2. The molecule has 1 aliphatic carbocycles. The van der Waals surface area contributed by atoms with Gasteiger partial charge in [0.15, 0.2) is 0 Å². The van der Waals surface area contributed by atoms with Crippen LogP contribution in [0.4, 0.5) is 0 Å². The molecule has 0 radical (unpaired) electrons. The lowest BCUT2D eigenvalue weighted by atomic mass is 10.0.